The predicted molar refractivity (Wildman–Crippen MR) is 39.4 cm³/mol. The minimum absolute atomic E-state index is 1.33. The molecule has 0 spiro atoms. The van der Waals surface area contributed by atoms with Crippen LogP contribution in [0.5, 0.6) is 0 Å². The first-order valence-electron chi connectivity index (χ1n) is 2.43. The van der Waals surface area contributed by atoms with E-state index < -0.39 is 0 Å². The maximum atomic E-state index is 7.13. The summed E-state index contributed by atoms with van der Waals surface area (Å²) in [6.07, 6.45) is 0. The Kier molecular flexibility index (Phi) is 6.11. The zero-order valence-electron chi connectivity index (χ0n) is 4.82. The second kappa shape index (κ2) is 6.93. The topological polar surface area (TPSA) is 23.8 Å². The molecule has 46 valence electrons. The Morgan fingerprint density at radius 2 is 1.00 bits per heavy atom. The van der Waals surface area contributed by atoms with Crippen LogP contribution in [0.25, 0.3) is 0 Å². The highest BCUT2D eigenvalue weighted by Gasteiger charge is 1.57. The Morgan fingerprint density at radius 1 is 0.889 bits per heavy atom. The predicted octanol–water partition coefficient (Wildman–Crippen LogP) is 1.70. The molecular weight excluding hydrogens is 130 g/mol. The van der Waals surface area contributed by atoms with Crippen LogP contribution in [0.4, 0.5) is 0 Å². The largest absolute Gasteiger partial charge is 0.696 e. The van der Waals surface area contributed by atoms with Crippen molar-refractivity contribution in [3.05, 3.63) is 36.4 Å². The molecule has 0 bridgehead atoms. The molecule has 1 aromatic carbocycles. The summed E-state index contributed by atoms with van der Waals surface area (Å²) in [4.78, 5) is 0. The van der Waals surface area contributed by atoms with Gasteiger partial charge in [0.2, 0.25) is 0 Å². The van der Waals surface area contributed by atoms with Crippen LogP contribution in [-0.4, -0.2) is 0 Å². The van der Waals surface area contributed by atoms with Gasteiger partial charge in [-0.2, -0.15) is 0 Å². The molecule has 0 N–H and O–H groups in total. The van der Waals surface area contributed by atoms with Gasteiger partial charge in [-0.25, -0.2) is 5.26 Å². The number of benzene rings is 1. The second-order valence-corrected chi connectivity index (χ2v) is 1.43. The minimum Gasteiger partial charge on any atom is -0.696 e. The van der Waals surface area contributed by atoms with Gasteiger partial charge >= 0.3 is 0 Å². The van der Waals surface area contributed by atoms with Crippen LogP contribution in [0.3, 0.4) is 0 Å². The van der Waals surface area contributed by atoms with E-state index in [1.54, 1.807) is 0 Å². The lowest BCUT2D eigenvalue weighted by Gasteiger charge is -1.69. The smallest absolute Gasteiger partial charge is 0.0623 e. The van der Waals surface area contributed by atoms with Gasteiger partial charge in [0.05, 0.1) is 0 Å². The third-order valence-electron chi connectivity index (χ3n) is 0.667. The first-order chi connectivity index (χ1) is 4.41. The highest BCUT2D eigenvalue weighted by molar-refractivity contribution is 7.64. The van der Waals surface area contributed by atoms with E-state index >= 15 is 0 Å². The number of hydrogen-bond acceptors (Lipinski definition) is 2. The van der Waals surface area contributed by atoms with E-state index in [2.05, 4.69) is 12.6 Å². The number of nitriles is 1. The molecule has 1 aromatic rings. The molecule has 0 aliphatic heterocycles. The highest BCUT2D eigenvalue weighted by Crippen LogP contribution is 1.79. The Balaban J connectivity index is 0.000000187. The van der Waals surface area contributed by atoms with Crippen LogP contribution in [0, 0.1) is 10.7 Å². The third-order valence-corrected chi connectivity index (χ3v) is 0.667. The van der Waals surface area contributed by atoms with Gasteiger partial charge in [0.25, 0.3) is 0 Å². The van der Waals surface area contributed by atoms with Gasteiger partial charge in [0, 0.05) is 0 Å². The van der Waals surface area contributed by atoms with E-state index in [9.17, 15) is 0 Å². The van der Waals surface area contributed by atoms with Gasteiger partial charge < -0.3 is 12.6 Å². The minimum atomic E-state index is 1.33. The van der Waals surface area contributed by atoms with Crippen LogP contribution < -0.4 is 0 Å². The van der Waals surface area contributed by atoms with Crippen LogP contribution in [0.15, 0.2) is 36.4 Å². The van der Waals surface area contributed by atoms with Crippen LogP contribution in [-0.2, 0) is 12.6 Å². The summed E-state index contributed by atoms with van der Waals surface area (Å²) in [5, 5.41) is 8.47. The SMILES string of the molecule is N#C[S-].c1ccccc1. The molecule has 0 amide bonds. The fourth-order valence-electron chi connectivity index (χ4n) is 0.385. The summed E-state index contributed by atoms with van der Waals surface area (Å²) in [6, 6.07) is 12.0. The van der Waals surface area contributed by atoms with E-state index in [0.29, 0.717) is 0 Å². The Labute approximate surface area is 60.3 Å². The summed E-state index contributed by atoms with van der Waals surface area (Å²) >= 11 is 3.70. The zero-order valence-corrected chi connectivity index (χ0v) is 5.64. The van der Waals surface area contributed by atoms with Crippen LogP contribution >= 0.6 is 0 Å². The van der Waals surface area contributed by atoms with Gasteiger partial charge in [-0.15, -0.1) is 0 Å². The summed E-state index contributed by atoms with van der Waals surface area (Å²) in [5.41, 5.74) is 0. The first kappa shape index (κ1) is 7.93. The van der Waals surface area contributed by atoms with Crippen molar-refractivity contribution in [3.63, 3.8) is 0 Å². The van der Waals surface area contributed by atoms with Crippen molar-refractivity contribution in [2.45, 2.75) is 0 Å². The molecular formula is C7H6NS-. The molecule has 0 heterocycles. The number of hydrogen-bond donors (Lipinski definition) is 0. The molecule has 0 atom stereocenters. The van der Waals surface area contributed by atoms with Crippen molar-refractivity contribution in [2.24, 2.45) is 0 Å². The van der Waals surface area contributed by atoms with E-state index in [4.69, 9.17) is 5.26 Å². The van der Waals surface area contributed by atoms with E-state index in [-0.39, 0.29) is 0 Å². The van der Waals surface area contributed by atoms with Gasteiger partial charge in [-0.3, -0.25) is 0 Å². The molecule has 0 saturated carbocycles. The normalized spacial score (nSPS) is 6.11. The first-order valence-corrected chi connectivity index (χ1v) is 2.84. The molecule has 0 unspecified atom stereocenters. The maximum absolute atomic E-state index is 7.13. The van der Waals surface area contributed by atoms with Crippen molar-refractivity contribution in [2.75, 3.05) is 0 Å². The number of thiocyanates is 1. The van der Waals surface area contributed by atoms with Crippen molar-refractivity contribution in [3.8, 4) is 5.40 Å². The van der Waals surface area contributed by atoms with Gasteiger partial charge in [0.1, 0.15) is 0 Å². The van der Waals surface area contributed by atoms with Crippen LogP contribution in [0.1, 0.15) is 0 Å². The molecule has 0 aliphatic rings. The third kappa shape index (κ3) is 6.93. The van der Waals surface area contributed by atoms with Crippen molar-refractivity contribution in [1.82, 2.24) is 0 Å². The number of rotatable bonds is 0. The van der Waals surface area contributed by atoms with Gasteiger partial charge in [-0.05, 0) is 0 Å². The molecule has 0 aliphatic carbocycles. The molecule has 2 heteroatoms. The monoisotopic (exact) mass is 136 g/mol. The van der Waals surface area contributed by atoms with Gasteiger partial charge in [-0.1, -0.05) is 41.8 Å². The lowest BCUT2D eigenvalue weighted by molar-refractivity contribution is 1.57. The summed E-state index contributed by atoms with van der Waals surface area (Å²) < 4.78 is 0. The molecule has 0 radical (unpaired) electrons. The molecule has 9 heavy (non-hydrogen) atoms. The summed E-state index contributed by atoms with van der Waals surface area (Å²) in [6.45, 7) is 0. The fourth-order valence-corrected chi connectivity index (χ4v) is 0.385. The Bertz CT molecular complexity index is 139. The van der Waals surface area contributed by atoms with Crippen molar-refractivity contribution >= 4 is 12.6 Å². The van der Waals surface area contributed by atoms with Crippen molar-refractivity contribution in [1.29, 1.82) is 5.26 Å². The number of nitrogens with zero attached hydrogens (tertiary/aromatic N) is 1. The quantitative estimate of drug-likeness (QED) is 0.400. The van der Waals surface area contributed by atoms with E-state index in [1.165, 1.54) is 5.40 Å². The summed E-state index contributed by atoms with van der Waals surface area (Å²) in [7, 11) is 0. The van der Waals surface area contributed by atoms with Crippen LogP contribution in [0.2, 0.25) is 0 Å². The van der Waals surface area contributed by atoms with Crippen molar-refractivity contribution < 1.29 is 0 Å². The fraction of sp³-hybridized carbons (Fsp3) is 0. The molecule has 0 fully saturated rings. The Morgan fingerprint density at radius 3 is 1.11 bits per heavy atom. The second-order valence-electron chi connectivity index (χ2n) is 1.25. The van der Waals surface area contributed by atoms with E-state index in [1.807, 2.05) is 36.4 Å². The molecule has 1 nitrogen and oxygen atoms in total. The lowest BCUT2D eigenvalue weighted by atomic mass is 10.4. The van der Waals surface area contributed by atoms with Gasteiger partial charge in [0.15, 0.2) is 0 Å². The average molecular weight is 136 g/mol. The standard InChI is InChI=1S/C6H6.CHNS/c1-2-4-6-5-3-1;2-1-3/h1-6H;3H/p-1. The zero-order chi connectivity index (χ0) is 6.95. The molecule has 0 aromatic heterocycles. The lowest BCUT2D eigenvalue weighted by Crippen LogP contribution is -1.47. The Hall–Kier alpha value is -1.07. The average Bonchev–Trinajstić information content (AvgIpc) is 1.93. The highest BCUT2D eigenvalue weighted by atomic mass is 32.1. The maximum Gasteiger partial charge on any atom is -0.0623 e. The molecule has 0 saturated heterocycles. The molecule has 1 rings (SSSR count). The summed E-state index contributed by atoms with van der Waals surface area (Å²) in [5.74, 6) is 0. The van der Waals surface area contributed by atoms with E-state index in [0.717, 1.165) is 0 Å².